The number of oxazole rings is 1. The van der Waals surface area contributed by atoms with Crippen molar-refractivity contribution in [2.45, 2.75) is 26.3 Å². The third-order valence-electron chi connectivity index (χ3n) is 5.65. The van der Waals surface area contributed by atoms with E-state index in [-0.39, 0.29) is 11.5 Å². The fourth-order valence-corrected chi connectivity index (χ4v) is 4.16. The summed E-state index contributed by atoms with van der Waals surface area (Å²) in [6, 6.07) is 3.33. The molecule has 0 radical (unpaired) electrons. The summed E-state index contributed by atoms with van der Waals surface area (Å²) in [6.07, 6.45) is 2.41. The number of rotatable bonds is 5. The maximum absolute atomic E-state index is 14.0. The van der Waals surface area contributed by atoms with Gasteiger partial charge >= 0.3 is 0 Å². The summed E-state index contributed by atoms with van der Waals surface area (Å²) in [7, 11) is 0. The predicted octanol–water partition coefficient (Wildman–Crippen LogP) is 3.47. The molecule has 0 amide bonds. The van der Waals surface area contributed by atoms with E-state index in [2.05, 4.69) is 14.8 Å². The molecule has 152 valence electrons. The van der Waals surface area contributed by atoms with Gasteiger partial charge in [-0.25, -0.2) is 13.8 Å². The van der Waals surface area contributed by atoms with Crippen molar-refractivity contribution in [1.29, 1.82) is 0 Å². The summed E-state index contributed by atoms with van der Waals surface area (Å²) in [4.78, 5) is 9.36. The van der Waals surface area contributed by atoms with Crippen LogP contribution in [0.2, 0.25) is 0 Å². The first-order valence-electron chi connectivity index (χ1n) is 10.0. The van der Waals surface area contributed by atoms with E-state index < -0.39 is 11.6 Å². The Bertz CT molecular complexity index is 805. The smallest absolute Gasteiger partial charge is 0.229 e. The van der Waals surface area contributed by atoms with Gasteiger partial charge in [-0.3, -0.25) is 9.80 Å². The van der Waals surface area contributed by atoms with Crippen molar-refractivity contribution < 1.29 is 17.9 Å². The highest BCUT2D eigenvalue weighted by atomic mass is 19.1. The zero-order valence-corrected chi connectivity index (χ0v) is 16.3. The first-order chi connectivity index (χ1) is 13.6. The minimum absolute atomic E-state index is 0.0678. The van der Waals surface area contributed by atoms with Gasteiger partial charge in [0.05, 0.1) is 24.5 Å². The zero-order chi connectivity index (χ0) is 19.5. The average Bonchev–Trinajstić information content (AvgIpc) is 3.05. The lowest BCUT2D eigenvalue weighted by atomic mass is 9.97. The molecule has 0 unspecified atom stereocenters. The van der Waals surface area contributed by atoms with E-state index in [9.17, 15) is 8.78 Å². The van der Waals surface area contributed by atoms with Crippen LogP contribution >= 0.6 is 0 Å². The van der Waals surface area contributed by atoms with Crippen LogP contribution in [-0.2, 0) is 11.3 Å². The Labute approximate surface area is 164 Å². The second-order valence-electron chi connectivity index (χ2n) is 7.80. The van der Waals surface area contributed by atoms with Crippen LogP contribution < -0.4 is 0 Å². The van der Waals surface area contributed by atoms with Crippen LogP contribution in [0.5, 0.6) is 0 Å². The average molecular weight is 391 g/mol. The number of piperidine rings is 1. The fourth-order valence-electron chi connectivity index (χ4n) is 4.16. The third-order valence-corrected chi connectivity index (χ3v) is 5.65. The Morgan fingerprint density at radius 3 is 2.79 bits per heavy atom. The van der Waals surface area contributed by atoms with E-state index in [1.807, 2.05) is 6.92 Å². The van der Waals surface area contributed by atoms with Gasteiger partial charge in [0.25, 0.3) is 0 Å². The van der Waals surface area contributed by atoms with Gasteiger partial charge < -0.3 is 9.15 Å². The van der Waals surface area contributed by atoms with Crippen LogP contribution in [0.1, 0.15) is 24.3 Å². The van der Waals surface area contributed by atoms with Crippen LogP contribution in [-0.4, -0.2) is 60.7 Å². The molecule has 1 atom stereocenters. The van der Waals surface area contributed by atoms with E-state index in [1.54, 1.807) is 0 Å². The fraction of sp³-hybridized carbons (Fsp3) is 0.571. The van der Waals surface area contributed by atoms with Crippen molar-refractivity contribution in [3.8, 4) is 11.5 Å². The van der Waals surface area contributed by atoms with Crippen molar-refractivity contribution in [3.05, 3.63) is 41.3 Å². The highest BCUT2D eigenvalue weighted by Crippen LogP contribution is 2.27. The van der Waals surface area contributed by atoms with E-state index >= 15 is 0 Å². The first-order valence-corrected chi connectivity index (χ1v) is 10.0. The summed E-state index contributed by atoms with van der Waals surface area (Å²) in [5.41, 5.74) is 0.865. The van der Waals surface area contributed by atoms with Gasteiger partial charge in [-0.05, 0) is 50.4 Å². The minimum atomic E-state index is -0.530. The van der Waals surface area contributed by atoms with Crippen LogP contribution in [0.3, 0.4) is 0 Å². The molecular weight excluding hydrogens is 364 g/mol. The highest BCUT2D eigenvalue weighted by Gasteiger charge is 2.25. The third kappa shape index (κ3) is 4.59. The number of hydrogen-bond donors (Lipinski definition) is 0. The Morgan fingerprint density at radius 2 is 1.96 bits per heavy atom. The number of halogens is 2. The molecule has 2 aliphatic heterocycles. The van der Waals surface area contributed by atoms with Gasteiger partial charge in [-0.15, -0.1) is 0 Å². The number of ether oxygens (including phenoxy) is 1. The quantitative estimate of drug-likeness (QED) is 0.781. The number of morpholine rings is 1. The Morgan fingerprint density at radius 1 is 1.14 bits per heavy atom. The molecule has 5 nitrogen and oxygen atoms in total. The summed E-state index contributed by atoms with van der Waals surface area (Å²) in [5, 5.41) is 0. The van der Waals surface area contributed by atoms with Crippen molar-refractivity contribution in [2.24, 2.45) is 5.92 Å². The Balaban J connectivity index is 1.41. The van der Waals surface area contributed by atoms with Crippen molar-refractivity contribution >= 4 is 0 Å². The maximum Gasteiger partial charge on any atom is 0.229 e. The second kappa shape index (κ2) is 8.68. The molecule has 0 bridgehead atoms. The lowest BCUT2D eigenvalue weighted by Crippen LogP contribution is -2.44. The normalized spacial score (nSPS) is 21.9. The largest absolute Gasteiger partial charge is 0.441 e. The molecule has 7 heteroatoms. The monoisotopic (exact) mass is 391 g/mol. The van der Waals surface area contributed by atoms with Gasteiger partial charge in [0.2, 0.25) is 5.89 Å². The number of hydrogen-bond acceptors (Lipinski definition) is 5. The Kier molecular flexibility index (Phi) is 6.04. The van der Waals surface area contributed by atoms with Crippen LogP contribution in [0.15, 0.2) is 22.6 Å². The molecule has 0 saturated carbocycles. The highest BCUT2D eigenvalue weighted by molar-refractivity contribution is 5.54. The van der Waals surface area contributed by atoms with Gasteiger partial charge in [0.15, 0.2) is 0 Å². The molecule has 3 heterocycles. The van der Waals surface area contributed by atoms with Crippen molar-refractivity contribution in [1.82, 2.24) is 14.8 Å². The summed E-state index contributed by atoms with van der Waals surface area (Å²) in [5.74, 6) is 0.410. The van der Waals surface area contributed by atoms with Gasteiger partial charge in [0.1, 0.15) is 17.4 Å². The zero-order valence-electron chi connectivity index (χ0n) is 16.3. The van der Waals surface area contributed by atoms with Gasteiger partial charge in [-0.2, -0.15) is 0 Å². The van der Waals surface area contributed by atoms with Crippen molar-refractivity contribution in [2.75, 3.05) is 45.9 Å². The van der Waals surface area contributed by atoms with Gasteiger partial charge in [0, 0.05) is 32.7 Å². The number of benzene rings is 1. The summed E-state index contributed by atoms with van der Waals surface area (Å²) in [6.45, 7) is 9.34. The van der Waals surface area contributed by atoms with E-state index in [1.165, 1.54) is 6.42 Å². The number of aromatic nitrogens is 1. The molecule has 1 aromatic carbocycles. The molecule has 2 saturated heterocycles. The van der Waals surface area contributed by atoms with Gasteiger partial charge in [-0.1, -0.05) is 0 Å². The van der Waals surface area contributed by atoms with E-state index in [0.717, 1.165) is 76.3 Å². The van der Waals surface area contributed by atoms with Crippen LogP contribution in [0.25, 0.3) is 11.5 Å². The lowest BCUT2D eigenvalue weighted by molar-refractivity contribution is 0.0223. The van der Waals surface area contributed by atoms with Crippen LogP contribution in [0.4, 0.5) is 8.78 Å². The summed E-state index contributed by atoms with van der Waals surface area (Å²) < 4.78 is 38.6. The standard InChI is InChI=1S/C21H27F2N3O2/c1-15-20(24-21(28-15)18-11-17(22)4-5-19(18)23)14-26-6-2-3-16(13-26)12-25-7-9-27-10-8-25/h4-5,11,16H,2-3,6-10,12-14H2,1H3/t16-/m1/s1. The SMILES string of the molecule is Cc1oc(-c2cc(F)ccc2F)nc1CN1CCC[C@H](CN2CCOCC2)C1. The topological polar surface area (TPSA) is 41.7 Å². The molecule has 0 spiro atoms. The molecule has 2 aliphatic rings. The molecule has 28 heavy (non-hydrogen) atoms. The molecule has 0 N–H and O–H groups in total. The second-order valence-corrected chi connectivity index (χ2v) is 7.80. The number of nitrogens with zero attached hydrogens (tertiary/aromatic N) is 3. The first kappa shape index (κ1) is 19.5. The summed E-state index contributed by atoms with van der Waals surface area (Å²) >= 11 is 0. The number of aryl methyl sites for hydroxylation is 1. The molecule has 2 fully saturated rings. The molecule has 0 aliphatic carbocycles. The van der Waals surface area contributed by atoms with E-state index in [0.29, 0.717) is 18.2 Å². The molecule has 1 aromatic heterocycles. The molecular formula is C21H27F2N3O2. The van der Waals surface area contributed by atoms with E-state index in [4.69, 9.17) is 9.15 Å². The number of likely N-dealkylation sites (tertiary alicyclic amines) is 1. The van der Waals surface area contributed by atoms with Crippen LogP contribution in [0, 0.1) is 24.5 Å². The van der Waals surface area contributed by atoms with Crippen molar-refractivity contribution in [3.63, 3.8) is 0 Å². The predicted molar refractivity (Wildman–Crippen MR) is 102 cm³/mol. The maximum atomic E-state index is 14.0. The molecule has 4 rings (SSSR count). The lowest BCUT2D eigenvalue weighted by Gasteiger charge is -2.36. The minimum Gasteiger partial charge on any atom is -0.441 e. The molecule has 2 aromatic rings. The Hall–Kier alpha value is -1.83.